The van der Waals surface area contributed by atoms with Crippen LogP contribution in [0.15, 0.2) is 30.5 Å². The topological polar surface area (TPSA) is 97.5 Å². The summed E-state index contributed by atoms with van der Waals surface area (Å²) in [6.45, 7) is 3.22. The fourth-order valence-corrected chi connectivity index (χ4v) is 5.14. The first-order chi connectivity index (χ1) is 13.6. The van der Waals surface area contributed by atoms with Crippen LogP contribution in [0.4, 0.5) is 0 Å². The van der Waals surface area contributed by atoms with Crippen LogP contribution in [-0.4, -0.2) is 47.9 Å². The van der Waals surface area contributed by atoms with Gasteiger partial charge in [-0.15, -0.1) is 11.3 Å². The van der Waals surface area contributed by atoms with Gasteiger partial charge in [0, 0.05) is 37.1 Å². The zero-order valence-electron chi connectivity index (χ0n) is 15.6. The lowest BCUT2D eigenvalue weighted by molar-refractivity contribution is -0.117. The summed E-state index contributed by atoms with van der Waals surface area (Å²) >= 11 is 1.50. The van der Waals surface area contributed by atoms with Crippen LogP contribution in [0, 0.1) is 0 Å². The van der Waals surface area contributed by atoms with Gasteiger partial charge >= 0.3 is 0 Å². The summed E-state index contributed by atoms with van der Waals surface area (Å²) in [6.07, 6.45) is 4.44. The van der Waals surface area contributed by atoms with Crippen LogP contribution in [0.5, 0.6) is 0 Å². The highest BCUT2D eigenvalue weighted by Gasteiger charge is 2.42. The largest absolute Gasteiger partial charge is 0.370 e. The molecule has 0 bridgehead atoms. The lowest BCUT2D eigenvalue weighted by atomic mass is 9.82. The van der Waals surface area contributed by atoms with Crippen LogP contribution in [0.3, 0.4) is 0 Å². The fourth-order valence-electron chi connectivity index (χ4n) is 3.99. The summed E-state index contributed by atoms with van der Waals surface area (Å²) in [6, 6.07) is 7.94. The average molecular weight is 401 g/mol. The molecule has 0 aliphatic carbocycles. The van der Waals surface area contributed by atoms with Crippen molar-refractivity contribution in [2.45, 2.75) is 31.4 Å². The van der Waals surface area contributed by atoms with Crippen molar-refractivity contribution < 1.29 is 14.3 Å². The van der Waals surface area contributed by atoms with E-state index in [0.717, 1.165) is 50.2 Å². The van der Waals surface area contributed by atoms with Crippen molar-refractivity contribution >= 4 is 23.2 Å². The number of amides is 2. The Kier molecular flexibility index (Phi) is 5.43. The molecule has 0 atom stereocenters. The zero-order chi connectivity index (χ0) is 19.6. The first-order valence-corrected chi connectivity index (χ1v) is 10.3. The maximum Gasteiger partial charge on any atom is 0.261 e. The van der Waals surface area contributed by atoms with Crippen LogP contribution >= 0.6 is 11.3 Å². The molecule has 4 rings (SSSR count). The quantitative estimate of drug-likeness (QED) is 0.791. The van der Waals surface area contributed by atoms with E-state index in [9.17, 15) is 9.59 Å². The maximum absolute atomic E-state index is 12.3. The predicted molar refractivity (Wildman–Crippen MR) is 106 cm³/mol. The lowest BCUT2D eigenvalue weighted by Gasteiger charge is -2.44. The van der Waals surface area contributed by atoms with E-state index in [1.165, 1.54) is 16.2 Å². The number of nitrogens with two attached hydrogens (primary N) is 1. The van der Waals surface area contributed by atoms with E-state index in [2.05, 4.69) is 21.3 Å². The van der Waals surface area contributed by atoms with Crippen LogP contribution in [0.25, 0.3) is 0 Å². The molecule has 1 saturated heterocycles. The standard InChI is InChI=1S/C20H24N4O3S/c21-18(25)12-23-19(26)17-11-15-16(28-17)4-10-27-20(15)5-8-24(9-6-20)13-14-3-1-2-7-22-14/h1-3,7,11H,4-6,8-10,12-13H2,(H2,21,25)(H,23,26). The molecule has 8 heteroatoms. The highest BCUT2D eigenvalue weighted by Crippen LogP contribution is 2.44. The third kappa shape index (κ3) is 3.94. The van der Waals surface area contributed by atoms with E-state index in [0.29, 0.717) is 11.5 Å². The number of likely N-dealkylation sites (tertiary alicyclic amines) is 1. The number of pyridine rings is 1. The van der Waals surface area contributed by atoms with Crippen molar-refractivity contribution in [2.24, 2.45) is 5.73 Å². The van der Waals surface area contributed by atoms with Crippen molar-refractivity contribution in [1.29, 1.82) is 0 Å². The third-order valence-corrected chi connectivity index (χ3v) is 6.62. The van der Waals surface area contributed by atoms with E-state index in [-0.39, 0.29) is 18.1 Å². The number of ether oxygens (including phenoxy) is 1. The van der Waals surface area contributed by atoms with Gasteiger partial charge in [0.25, 0.3) is 5.91 Å². The molecule has 148 valence electrons. The maximum atomic E-state index is 12.3. The average Bonchev–Trinajstić information content (AvgIpc) is 3.15. The number of hydrogen-bond donors (Lipinski definition) is 2. The van der Waals surface area contributed by atoms with Crippen molar-refractivity contribution in [3.63, 3.8) is 0 Å². The third-order valence-electron chi connectivity index (χ3n) is 5.43. The lowest BCUT2D eigenvalue weighted by Crippen LogP contribution is -2.46. The Balaban J connectivity index is 1.46. The van der Waals surface area contributed by atoms with E-state index in [1.807, 2.05) is 24.4 Å². The second-order valence-electron chi connectivity index (χ2n) is 7.29. The molecule has 0 unspecified atom stereocenters. The van der Waals surface area contributed by atoms with Crippen LogP contribution in [-0.2, 0) is 28.1 Å². The number of piperidine rings is 1. The van der Waals surface area contributed by atoms with Gasteiger partial charge in [0.15, 0.2) is 0 Å². The van der Waals surface area contributed by atoms with Crippen molar-refractivity contribution in [2.75, 3.05) is 26.2 Å². The first kappa shape index (κ1) is 19.0. The molecule has 0 radical (unpaired) electrons. The van der Waals surface area contributed by atoms with Gasteiger partial charge in [0.1, 0.15) is 0 Å². The van der Waals surface area contributed by atoms with Crippen LogP contribution in [0.2, 0.25) is 0 Å². The summed E-state index contributed by atoms with van der Waals surface area (Å²) in [7, 11) is 0. The van der Waals surface area contributed by atoms with Crippen molar-refractivity contribution in [3.05, 3.63) is 51.5 Å². The highest BCUT2D eigenvalue weighted by atomic mass is 32.1. The van der Waals surface area contributed by atoms with E-state index >= 15 is 0 Å². The van der Waals surface area contributed by atoms with Crippen LogP contribution < -0.4 is 11.1 Å². The number of hydrogen-bond acceptors (Lipinski definition) is 6. The molecule has 0 saturated carbocycles. The van der Waals surface area contributed by atoms with Gasteiger partial charge in [-0.05, 0) is 36.6 Å². The molecule has 2 aliphatic heterocycles. The molecule has 2 aliphatic rings. The summed E-state index contributed by atoms with van der Waals surface area (Å²) in [5, 5.41) is 2.57. The summed E-state index contributed by atoms with van der Waals surface area (Å²) < 4.78 is 6.28. The van der Waals surface area contributed by atoms with Gasteiger partial charge in [-0.3, -0.25) is 19.5 Å². The fraction of sp³-hybridized carbons (Fsp3) is 0.450. The van der Waals surface area contributed by atoms with Gasteiger partial charge in [-0.25, -0.2) is 0 Å². The second-order valence-corrected chi connectivity index (χ2v) is 8.42. The number of carbonyl (C=O) groups excluding carboxylic acids is 2. The molecular formula is C20H24N4O3S. The Morgan fingerprint density at radius 3 is 2.86 bits per heavy atom. The van der Waals surface area contributed by atoms with Crippen molar-refractivity contribution in [1.82, 2.24) is 15.2 Å². The van der Waals surface area contributed by atoms with Gasteiger partial charge in [-0.1, -0.05) is 6.07 Å². The molecule has 4 heterocycles. The number of fused-ring (bicyclic) bond motifs is 2. The number of thiophene rings is 1. The molecule has 0 aromatic carbocycles. The molecule has 1 spiro atoms. The first-order valence-electron chi connectivity index (χ1n) is 9.52. The van der Waals surface area contributed by atoms with E-state index in [1.54, 1.807) is 0 Å². The van der Waals surface area contributed by atoms with E-state index < -0.39 is 5.91 Å². The predicted octanol–water partition coefficient (Wildman–Crippen LogP) is 1.42. The number of nitrogens with one attached hydrogen (secondary N) is 1. The monoisotopic (exact) mass is 400 g/mol. The number of rotatable bonds is 5. The molecule has 2 amide bonds. The highest BCUT2D eigenvalue weighted by molar-refractivity contribution is 7.14. The van der Waals surface area contributed by atoms with E-state index in [4.69, 9.17) is 10.5 Å². The summed E-state index contributed by atoms with van der Waals surface area (Å²) in [5.41, 5.74) is 7.02. The zero-order valence-corrected chi connectivity index (χ0v) is 16.5. The Labute approximate surface area is 167 Å². The molecule has 3 N–H and O–H groups in total. The Morgan fingerprint density at radius 1 is 1.32 bits per heavy atom. The van der Waals surface area contributed by atoms with Crippen molar-refractivity contribution in [3.8, 4) is 0 Å². The van der Waals surface area contributed by atoms with Gasteiger partial charge in [0.2, 0.25) is 5.91 Å². The summed E-state index contributed by atoms with van der Waals surface area (Å²) in [5.74, 6) is -0.796. The smallest absolute Gasteiger partial charge is 0.261 e. The van der Waals surface area contributed by atoms with Gasteiger partial charge < -0.3 is 15.8 Å². The Morgan fingerprint density at radius 2 is 2.14 bits per heavy atom. The minimum Gasteiger partial charge on any atom is -0.370 e. The normalized spacial score (nSPS) is 18.6. The molecule has 2 aromatic heterocycles. The molecule has 28 heavy (non-hydrogen) atoms. The minimum absolute atomic E-state index is 0.147. The number of aromatic nitrogens is 1. The minimum atomic E-state index is -0.547. The molecule has 1 fully saturated rings. The molecule has 7 nitrogen and oxygen atoms in total. The number of nitrogens with zero attached hydrogens (tertiary/aromatic N) is 2. The SMILES string of the molecule is NC(=O)CNC(=O)c1cc2c(s1)CCOC21CCN(Cc2ccccn2)CC1. The Hall–Kier alpha value is -2.29. The van der Waals surface area contributed by atoms with Gasteiger partial charge in [0.05, 0.1) is 29.3 Å². The molecular weight excluding hydrogens is 376 g/mol. The summed E-state index contributed by atoms with van der Waals surface area (Å²) in [4.78, 5) is 31.9. The van der Waals surface area contributed by atoms with Gasteiger partial charge in [-0.2, -0.15) is 0 Å². The Bertz CT molecular complexity index is 860. The number of primary amides is 1. The second kappa shape index (κ2) is 7.98. The number of carbonyl (C=O) groups is 2. The van der Waals surface area contributed by atoms with Crippen LogP contribution in [0.1, 0.15) is 38.6 Å². The molecule has 2 aromatic rings.